The van der Waals surface area contributed by atoms with Crippen molar-refractivity contribution >= 4 is 16.9 Å². The fourth-order valence-corrected chi connectivity index (χ4v) is 3.73. The molecule has 2 aromatic rings. The van der Waals surface area contributed by atoms with E-state index in [1.54, 1.807) is 27.3 Å². The van der Waals surface area contributed by atoms with Crippen LogP contribution in [0.25, 0.3) is 11.0 Å². The Morgan fingerprint density at radius 3 is 2.50 bits per heavy atom. The lowest BCUT2D eigenvalue weighted by molar-refractivity contribution is 0.0659. The summed E-state index contributed by atoms with van der Waals surface area (Å²) in [5.74, 6) is 0.521. The standard InChI is InChI=1S/C22H32N6O2/c1-6-9-10-17-23-20-18(21(29)28(17)15-16(7-2)8-3)19(24-26(20)5)22(30)27-13-11-25(4)12-14-27/h7-8H,2,6,9-15H2,1,3-5H3/b16-8+. The van der Waals surface area contributed by atoms with Crippen LogP contribution in [-0.4, -0.2) is 68.3 Å². The quantitative estimate of drug-likeness (QED) is 0.650. The third-order valence-corrected chi connectivity index (χ3v) is 5.74. The van der Waals surface area contributed by atoms with E-state index in [1.807, 2.05) is 20.0 Å². The highest BCUT2D eigenvalue weighted by atomic mass is 16.2. The highest BCUT2D eigenvalue weighted by molar-refractivity contribution is 6.03. The van der Waals surface area contributed by atoms with Gasteiger partial charge < -0.3 is 9.80 Å². The Labute approximate surface area is 177 Å². The number of hydrogen-bond acceptors (Lipinski definition) is 5. The zero-order chi connectivity index (χ0) is 21.8. The number of rotatable bonds is 7. The molecule has 0 unspecified atom stereocenters. The minimum Gasteiger partial charge on any atom is -0.335 e. The summed E-state index contributed by atoms with van der Waals surface area (Å²) in [4.78, 5) is 35.5. The van der Waals surface area contributed by atoms with Gasteiger partial charge in [-0.25, -0.2) is 9.67 Å². The average molecular weight is 413 g/mol. The van der Waals surface area contributed by atoms with E-state index in [4.69, 9.17) is 4.98 Å². The van der Waals surface area contributed by atoms with Crippen molar-refractivity contribution in [3.8, 4) is 0 Å². The van der Waals surface area contributed by atoms with Crippen LogP contribution >= 0.6 is 0 Å². The van der Waals surface area contributed by atoms with Crippen molar-refractivity contribution < 1.29 is 4.79 Å². The lowest BCUT2D eigenvalue weighted by atomic mass is 10.2. The maximum atomic E-state index is 13.6. The fraction of sp³-hybridized carbons (Fsp3) is 0.545. The number of piperazine rings is 1. The summed E-state index contributed by atoms with van der Waals surface area (Å²) >= 11 is 0. The molecule has 0 N–H and O–H groups in total. The summed E-state index contributed by atoms with van der Waals surface area (Å²) in [5.41, 5.74) is 1.40. The van der Waals surface area contributed by atoms with Gasteiger partial charge in [-0.05, 0) is 26.0 Å². The molecule has 1 saturated heterocycles. The molecule has 1 aliphatic heterocycles. The van der Waals surface area contributed by atoms with E-state index in [2.05, 4.69) is 23.5 Å². The van der Waals surface area contributed by atoms with E-state index in [-0.39, 0.29) is 17.2 Å². The van der Waals surface area contributed by atoms with Crippen LogP contribution in [0.5, 0.6) is 0 Å². The first-order valence-corrected chi connectivity index (χ1v) is 10.6. The van der Waals surface area contributed by atoms with Crippen LogP contribution in [0.1, 0.15) is 43.0 Å². The van der Waals surface area contributed by atoms with Crippen LogP contribution in [0.15, 0.2) is 29.1 Å². The Morgan fingerprint density at radius 2 is 1.90 bits per heavy atom. The van der Waals surface area contributed by atoms with Gasteiger partial charge in [0.25, 0.3) is 11.5 Å². The van der Waals surface area contributed by atoms with Crippen molar-refractivity contribution in [2.75, 3.05) is 33.2 Å². The Balaban J connectivity index is 2.13. The van der Waals surface area contributed by atoms with Gasteiger partial charge in [-0.1, -0.05) is 32.1 Å². The molecule has 0 aromatic carbocycles. The molecule has 3 heterocycles. The number of unbranched alkanes of at least 4 members (excludes halogenated alkanes) is 1. The number of carbonyl (C=O) groups is 1. The molecule has 162 valence electrons. The summed E-state index contributed by atoms with van der Waals surface area (Å²) in [5, 5.41) is 4.73. The van der Waals surface area contributed by atoms with E-state index in [9.17, 15) is 9.59 Å². The Bertz CT molecular complexity index is 1020. The number of amides is 1. The predicted octanol–water partition coefficient (Wildman–Crippen LogP) is 1.99. The van der Waals surface area contributed by atoms with Gasteiger partial charge in [-0.15, -0.1) is 0 Å². The molecule has 0 aliphatic carbocycles. The second-order valence-corrected chi connectivity index (χ2v) is 7.86. The highest BCUT2D eigenvalue weighted by Crippen LogP contribution is 2.18. The summed E-state index contributed by atoms with van der Waals surface area (Å²) in [6, 6.07) is 0. The summed E-state index contributed by atoms with van der Waals surface area (Å²) in [6.45, 7) is 11.1. The van der Waals surface area contributed by atoms with Gasteiger partial charge in [-0.3, -0.25) is 14.2 Å². The van der Waals surface area contributed by atoms with Gasteiger partial charge in [0.15, 0.2) is 11.3 Å². The third-order valence-electron chi connectivity index (χ3n) is 5.74. The van der Waals surface area contributed by atoms with Crippen molar-refractivity contribution in [3.05, 3.63) is 46.2 Å². The van der Waals surface area contributed by atoms with Crippen LogP contribution in [0.3, 0.4) is 0 Å². The number of nitrogens with zero attached hydrogens (tertiary/aromatic N) is 6. The number of aryl methyl sites for hydroxylation is 2. The smallest absolute Gasteiger partial charge is 0.275 e. The average Bonchev–Trinajstić information content (AvgIpc) is 3.08. The molecule has 2 aromatic heterocycles. The largest absolute Gasteiger partial charge is 0.335 e. The van der Waals surface area contributed by atoms with Crippen LogP contribution in [-0.2, 0) is 20.0 Å². The minimum absolute atomic E-state index is 0.199. The van der Waals surface area contributed by atoms with Gasteiger partial charge in [0, 0.05) is 39.6 Å². The van der Waals surface area contributed by atoms with Crippen molar-refractivity contribution in [2.45, 2.75) is 39.7 Å². The van der Waals surface area contributed by atoms with E-state index in [0.29, 0.717) is 37.1 Å². The Hall–Kier alpha value is -2.74. The fourth-order valence-electron chi connectivity index (χ4n) is 3.73. The molecule has 8 nitrogen and oxygen atoms in total. The molecule has 0 atom stereocenters. The van der Waals surface area contributed by atoms with Crippen molar-refractivity contribution in [1.82, 2.24) is 29.1 Å². The van der Waals surface area contributed by atoms with Crippen LogP contribution < -0.4 is 5.56 Å². The van der Waals surface area contributed by atoms with Gasteiger partial charge >= 0.3 is 0 Å². The topological polar surface area (TPSA) is 76.3 Å². The van der Waals surface area contributed by atoms with Gasteiger partial charge in [0.2, 0.25) is 0 Å². The molecule has 1 aliphatic rings. The summed E-state index contributed by atoms with van der Waals surface area (Å²) in [6.07, 6.45) is 6.32. The second kappa shape index (κ2) is 9.38. The van der Waals surface area contributed by atoms with Crippen molar-refractivity contribution in [2.24, 2.45) is 7.05 Å². The highest BCUT2D eigenvalue weighted by Gasteiger charge is 2.28. The monoisotopic (exact) mass is 412 g/mol. The molecule has 0 saturated carbocycles. The van der Waals surface area contributed by atoms with Crippen LogP contribution in [0.2, 0.25) is 0 Å². The van der Waals surface area contributed by atoms with E-state index < -0.39 is 0 Å². The lowest BCUT2D eigenvalue weighted by Gasteiger charge is -2.31. The first kappa shape index (κ1) is 22.0. The predicted molar refractivity (Wildman–Crippen MR) is 119 cm³/mol. The molecule has 1 fully saturated rings. The zero-order valence-corrected chi connectivity index (χ0v) is 18.5. The maximum Gasteiger partial charge on any atom is 0.275 e. The van der Waals surface area contributed by atoms with Crippen LogP contribution in [0, 0.1) is 0 Å². The van der Waals surface area contributed by atoms with E-state index in [1.165, 1.54) is 0 Å². The van der Waals surface area contributed by atoms with Crippen molar-refractivity contribution in [3.63, 3.8) is 0 Å². The Morgan fingerprint density at radius 1 is 1.20 bits per heavy atom. The summed E-state index contributed by atoms with van der Waals surface area (Å²) in [7, 11) is 3.78. The Kier molecular flexibility index (Phi) is 6.87. The van der Waals surface area contributed by atoms with Gasteiger partial charge in [0.05, 0.1) is 6.54 Å². The maximum absolute atomic E-state index is 13.6. The van der Waals surface area contributed by atoms with E-state index >= 15 is 0 Å². The molecule has 3 rings (SSSR count). The first-order chi connectivity index (χ1) is 14.4. The normalized spacial score (nSPS) is 15.7. The number of hydrogen-bond donors (Lipinski definition) is 0. The number of allylic oxidation sites excluding steroid dienone is 3. The van der Waals surface area contributed by atoms with Gasteiger partial charge in [0.1, 0.15) is 11.2 Å². The SMILES string of the molecule is C=C/C(=C\C)Cn1c(CCCC)nc2c(c(C(=O)N3CCN(C)CC3)nn2C)c1=O. The molecule has 0 bridgehead atoms. The number of fused-ring (bicyclic) bond motifs is 1. The van der Waals surface area contributed by atoms with Crippen LogP contribution in [0.4, 0.5) is 0 Å². The second-order valence-electron chi connectivity index (χ2n) is 7.86. The number of likely N-dealkylation sites (N-methyl/N-ethyl adjacent to an activating group) is 1. The minimum atomic E-state index is -0.210. The molecule has 0 spiro atoms. The molecule has 0 radical (unpaired) electrons. The summed E-state index contributed by atoms with van der Waals surface area (Å²) < 4.78 is 3.24. The lowest BCUT2D eigenvalue weighted by Crippen LogP contribution is -2.47. The van der Waals surface area contributed by atoms with Gasteiger partial charge in [-0.2, -0.15) is 5.10 Å². The molecule has 8 heteroatoms. The zero-order valence-electron chi connectivity index (χ0n) is 18.5. The number of aromatic nitrogens is 4. The molecule has 30 heavy (non-hydrogen) atoms. The molecular formula is C22H32N6O2. The molecule has 1 amide bonds. The first-order valence-electron chi connectivity index (χ1n) is 10.6. The van der Waals surface area contributed by atoms with E-state index in [0.717, 1.165) is 37.3 Å². The number of carbonyl (C=O) groups excluding carboxylic acids is 1. The van der Waals surface area contributed by atoms with Crippen molar-refractivity contribution in [1.29, 1.82) is 0 Å². The molecular weight excluding hydrogens is 380 g/mol. The third kappa shape index (κ3) is 4.23.